The van der Waals surface area contributed by atoms with Gasteiger partial charge in [-0.2, -0.15) is 9.97 Å². The number of imidazole rings is 1. The summed E-state index contributed by atoms with van der Waals surface area (Å²) >= 11 is 0. The topological polar surface area (TPSA) is 121 Å². The lowest BCUT2D eigenvalue weighted by molar-refractivity contribution is 0.354. The molecule has 2 aliphatic carbocycles. The summed E-state index contributed by atoms with van der Waals surface area (Å²) in [5.41, 5.74) is 16.7. The number of nitrogens with zero attached hydrogens (tertiary/aromatic N) is 4. The van der Waals surface area contributed by atoms with E-state index in [1.807, 2.05) is 12.1 Å². The smallest absolute Gasteiger partial charge is 0.224 e. The summed E-state index contributed by atoms with van der Waals surface area (Å²) in [7, 11) is 0. The number of hydrogen-bond acceptors (Lipinski definition) is 7. The first kappa shape index (κ1) is 22.1. The van der Waals surface area contributed by atoms with Crippen molar-refractivity contribution in [2.45, 2.75) is 75.9 Å². The summed E-state index contributed by atoms with van der Waals surface area (Å²) < 4.78 is 7.86. The van der Waals surface area contributed by atoms with Crippen molar-refractivity contribution in [3.63, 3.8) is 0 Å². The van der Waals surface area contributed by atoms with Gasteiger partial charge in [-0.3, -0.25) is 0 Å². The van der Waals surface area contributed by atoms with Gasteiger partial charge in [0.25, 0.3) is 0 Å². The van der Waals surface area contributed by atoms with Gasteiger partial charge in [-0.15, -0.1) is 0 Å². The number of nitrogen functional groups attached to an aromatic ring is 1. The van der Waals surface area contributed by atoms with Crippen molar-refractivity contribution >= 4 is 22.9 Å². The minimum Gasteiger partial charge on any atom is -0.464 e. The molecule has 4 aromatic rings. The third kappa shape index (κ3) is 4.27. The number of nitrogens with one attached hydrogen (secondary N) is 1. The van der Waals surface area contributed by atoms with Crippen LogP contribution < -0.4 is 16.8 Å². The first-order chi connectivity index (χ1) is 17.2. The summed E-state index contributed by atoms with van der Waals surface area (Å²) in [5.74, 6) is 3.14. The lowest BCUT2D eigenvalue weighted by Gasteiger charge is -2.29. The second kappa shape index (κ2) is 9.34. The van der Waals surface area contributed by atoms with E-state index in [1.54, 1.807) is 6.26 Å². The molecule has 2 saturated carbocycles. The van der Waals surface area contributed by atoms with Gasteiger partial charge in [0, 0.05) is 30.1 Å². The molecule has 0 spiro atoms. The van der Waals surface area contributed by atoms with Gasteiger partial charge in [-0.25, -0.2) is 4.98 Å². The SMILES string of the molecule is Nc1nc(NCc2ccc(-c3ccco3)cc2)c2nc(C3CCCCC3N)n(C3CCCC3)c2n1. The van der Waals surface area contributed by atoms with Gasteiger partial charge in [-0.05, 0) is 43.4 Å². The van der Waals surface area contributed by atoms with E-state index >= 15 is 0 Å². The Morgan fingerprint density at radius 2 is 1.71 bits per heavy atom. The van der Waals surface area contributed by atoms with Crippen LogP contribution in [-0.4, -0.2) is 25.6 Å². The van der Waals surface area contributed by atoms with E-state index in [4.69, 9.17) is 25.9 Å². The Morgan fingerprint density at radius 3 is 2.46 bits per heavy atom. The maximum absolute atomic E-state index is 6.61. The molecule has 0 saturated heterocycles. The first-order valence-corrected chi connectivity index (χ1v) is 12.8. The predicted molar refractivity (Wildman–Crippen MR) is 138 cm³/mol. The molecule has 35 heavy (non-hydrogen) atoms. The van der Waals surface area contributed by atoms with Crippen LogP contribution in [0.2, 0.25) is 0 Å². The molecule has 8 nitrogen and oxygen atoms in total. The number of anilines is 2. The molecule has 182 valence electrons. The molecular formula is C27H33N7O. The highest BCUT2D eigenvalue weighted by Crippen LogP contribution is 2.40. The average Bonchev–Trinajstić information content (AvgIpc) is 3.64. The summed E-state index contributed by atoms with van der Waals surface area (Å²) in [4.78, 5) is 14.4. The van der Waals surface area contributed by atoms with E-state index in [1.165, 1.54) is 25.7 Å². The zero-order chi connectivity index (χ0) is 23.8. The van der Waals surface area contributed by atoms with Gasteiger partial charge in [0.05, 0.1) is 6.26 Å². The molecule has 0 aliphatic heterocycles. The minimum absolute atomic E-state index is 0.134. The number of nitrogens with two attached hydrogens (primary N) is 2. The zero-order valence-electron chi connectivity index (χ0n) is 20.0. The zero-order valence-corrected chi connectivity index (χ0v) is 20.0. The van der Waals surface area contributed by atoms with E-state index in [0.717, 1.165) is 59.6 Å². The fourth-order valence-electron chi connectivity index (χ4n) is 5.81. The van der Waals surface area contributed by atoms with E-state index in [-0.39, 0.29) is 17.9 Å². The molecule has 5 N–H and O–H groups in total. The fourth-order valence-corrected chi connectivity index (χ4v) is 5.81. The van der Waals surface area contributed by atoms with Crippen LogP contribution in [0.4, 0.5) is 11.8 Å². The molecule has 8 heteroatoms. The normalized spacial score (nSPS) is 21.1. The Hall–Kier alpha value is -3.39. The van der Waals surface area contributed by atoms with Gasteiger partial charge in [-0.1, -0.05) is 49.9 Å². The van der Waals surface area contributed by atoms with E-state index in [2.05, 4.69) is 39.1 Å². The third-order valence-corrected chi connectivity index (χ3v) is 7.64. The quantitative estimate of drug-likeness (QED) is 0.345. The second-order valence-corrected chi connectivity index (χ2v) is 9.96. The van der Waals surface area contributed by atoms with Gasteiger partial charge < -0.3 is 25.8 Å². The van der Waals surface area contributed by atoms with Crippen molar-refractivity contribution in [2.24, 2.45) is 5.73 Å². The molecule has 0 bridgehead atoms. The van der Waals surface area contributed by atoms with Crippen molar-refractivity contribution in [1.29, 1.82) is 0 Å². The molecule has 3 aromatic heterocycles. The number of aromatic nitrogens is 4. The summed E-state index contributed by atoms with van der Waals surface area (Å²) in [6.07, 6.45) is 11.0. The van der Waals surface area contributed by atoms with Gasteiger partial charge >= 0.3 is 0 Å². The fraction of sp³-hybridized carbons (Fsp3) is 0.444. The average molecular weight is 472 g/mol. The number of rotatable bonds is 6. The molecule has 0 amide bonds. The van der Waals surface area contributed by atoms with Crippen molar-refractivity contribution in [3.8, 4) is 11.3 Å². The van der Waals surface area contributed by atoms with Crippen molar-refractivity contribution < 1.29 is 4.42 Å². The van der Waals surface area contributed by atoms with Crippen LogP contribution >= 0.6 is 0 Å². The maximum Gasteiger partial charge on any atom is 0.224 e. The van der Waals surface area contributed by atoms with E-state index in [9.17, 15) is 0 Å². The second-order valence-electron chi connectivity index (χ2n) is 9.96. The Bertz CT molecular complexity index is 1290. The molecule has 1 aromatic carbocycles. The maximum atomic E-state index is 6.61. The molecular weight excluding hydrogens is 438 g/mol. The lowest BCUT2D eigenvalue weighted by Crippen LogP contribution is -2.33. The van der Waals surface area contributed by atoms with E-state index in [0.29, 0.717) is 18.4 Å². The Morgan fingerprint density at radius 1 is 0.943 bits per heavy atom. The molecule has 2 unspecified atom stereocenters. The van der Waals surface area contributed by atoms with Crippen LogP contribution in [0.3, 0.4) is 0 Å². The van der Waals surface area contributed by atoms with Crippen LogP contribution in [0.1, 0.15) is 74.7 Å². The number of fused-ring (bicyclic) bond motifs is 1. The molecule has 2 aliphatic rings. The highest BCUT2D eigenvalue weighted by molar-refractivity contribution is 5.85. The number of hydrogen-bond donors (Lipinski definition) is 3. The Labute approximate surface area is 205 Å². The monoisotopic (exact) mass is 471 g/mol. The van der Waals surface area contributed by atoms with Gasteiger partial charge in [0.15, 0.2) is 17.0 Å². The predicted octanol–water partition coefficient (Wildman–Crippen LogP) is 5.38. The van der Waals surface area contributed by atoms with Crippen molar-refractivity contribution in [2.75, 3.05) is 11.1 Å². The highest BCUT2D eigenvalue weighted by Gasteiger charge is 2.33. The number of benzene rings is 1. The van der Waals surface area contributed by atoms with Gasteiger partial charge in [0.1, 0.15) is 11.6 Å². The lowest BCUT2D eigenvalue weighted by atomic mass is 9.84. The van der Waals surface area contributed by atoms with Crippen LogP contribution in [0.5, 0.6) is 0 Å². The van der Waals surface area contributed by atoms with Crippen molar-refractivity contribution in [1.82, 2.24) is 19.5 Å². The van der Waals surface area contributed by atoms with Crippen LogP contribution in [0.15, 0.2) is 47.1 Å². The van der Waals surface area contributed by atoms with E-state index < -0.39 is 0 Å². The summed E-state index contributed by atoms with van der Waals surface area (Å²) in [6.45, 7) is 0.610. The third-order valence-electron chi connectivity index (χ3n) is 7.64. The molecule has 2 fully saturated rings. The Balaban J connectivity index is 1.34. The van der Waals surface area contributed by atoms with Crippen LogP contribution in [0.25, 0.3) is 22.5 Å². The molecule has 0 radical (unpaired) electrons. The summed E-state index contributed by atoms with van der Waals surface area (Å²) in [6, 6.07) is 12.7. The molecule has 6 rings (SSSR count). The Kier molecular flexibility index (Phi) is 5.90. The number of furan rings is 1. The standard InChI is InChI=1S/C27H33N7O/c28-21-9-4-3-8-20(21)25-31-23-24(32-27(29)33-26(23)34(25)19-6-1-2-7-19)30-16-17-11-13-18(14-12-17)22-10-5-15-35-22/h5,10-15,19-21H,1-4,6-9,16,28H2,(H3,29,30,32,33). The largest absolute Gasteiger partial charge is 0.464 e. The van der Waals surface area contributed by atoms with Crippen LogP contribution in [0, 0.1) is 0 Å². The summed E-state index contributed by atoms with van der Waals surface area (Å²) in [5, 5.41) is 3.48. The molecule has 2 atom stereocenters. The van der Waals surface area contributed by atoms with Gasteiger partial charge in [0.2, 0.25) is 5.95 Å². The molecule has 3 heterocycles. The highest BCUT2D eigenvalue weighted by atomic mass is 16.3. The van der Waals surface area contributed by atoms with Crippen LogP contribution in [-0.2, 0) is 6.54 Å². The first-order valence-electron chi connectivity index (χ1n) is 12.8. The minimum atomic E-state index is 0.134. The van der Waals surface area contributed by atoms with Crippen molar-refractivity contribution in [3.05, 3.63) is 54.0 Å².